The summed E-state index contributed by atoms with van der Waals surface area (Å²) in [6.07, 6.45) is 31.6. The van der Waals surface area contributed by atoms with Crippen LogP contribution in [0.15, 0.2) is 79.1 Å². The zero-order valence-electron chi connectivity index (χ0n) is 58.7. The van der Waals surface area contributed by atoms with Crippen LogP contribution in [0.3, 0.4) is 0 Å². The molecule has 5 rings (SSSR count). The van der Waals surface area contributed by atoms with Crippen LogP contribution in [0, 0.1) is 0 Å². The van der Waals surface area contributed by atoms with Crippen LogP contribution in [0.5, 0.6) is 0 Å². The molecule has 2 heterocycles. The van der Waals surface area contributed by atoms with Crippen molar-refractivity contribution >= 4 is 39.6 Å². The van der Waals surface area contributed by atoms with Crippen molar-refractivity contribution in [2.24, 2.45) is 0 Å². The van der Waals surface area contributed by atoms with Gasteiger partial charge in [0.15, 0.2) is 0 Å². The first-order chi connectivity index (χ1) is 36.7. The van der Waals surface area contributed by atoms with E-state index in [1.807, 2.05) is 67.0 Å². The monoisotopic (exact) mass is 1210 g/mol. The molecular formula is C74H141N2P5. The minimum absolute atomic E-state index is 0. The number of hydrogen-bond donors (Lipinski definition) is 0. The third-order valence-corrected chi connectivity index (χ3v) is 35.3. The molecule has 2 saturated carbocycles. The summed E-state index contributed by atoms with van der Waals surface area (Å²) in [6, 6.07) is 22.0. The van der Waals surface area contributed by atoms with Gasteiger partial charge < -0.3 is 0 Å². The van der Waals surface area contributed by atoms with Crippen LogP contribution in [0.2, 0.25) is 0 Å². The topological polar surface area (TPSA) is 25.8 Å². The van der Waals surface area contributed by atoms with Gasteiger partial charge in [-0.2, -0.15) is 0 Å². The Labute approximate surface area is 517 Å². The number of rotatable bonds is 13. The SMILES string of the molecule is C.CC(C)(C)P(CCCP(C(C)(C)C)C(C)(C)C)C(C)(C)C.CCCP(C(C)(C)C)C(C)(C)C.CCCP(C1CCCCC1)C1CCCCC1.CCP(C(C)(C)C)C(C)(C)C.CCc1ccccn1.c1ccc(-c2ccccn2)cc1. The van der Waals surface area contributed by atoms with Gasteiger partial charge in [0.25, 0.3) is 0 Å². The van der Waals surface area contributed by atoms with Crippen molar-refractivity contribution < 1.29 is 0 Å². The van der Waals surface area contributed by atoms with Crippen LogP contribution in [0.1, 0.15) is 290 Å². The first-order valence-electron chi connectivity index (χ1n) is 32.4. The van der Waals surface area contributed by atoms with Gasteiger partial charge in [0.2, 0.25) is 0 Å². The fraction of sp³-hybridized carbons (Fsp3) is 0.784. The highest BCUT2D eigenvalue weighted by Crippen LogP contribution is 2.64. The normalized spacial score (nSPS) is 15.2. The van der Waals surface area contributed by atoms with Gasteiger partial charge in [-0.3, -0.25) is 9.97 Å². The van der Waals surface area contributed by atoms with Gasteiger partial charge in [0, 0.05) is 23.7 Å². The van der Waals surface area contributed by atoms with Crippen LogP contribution in [-0.4, -0.2) is 93.3 Å². The smallest absolute Gasteiger partial charge is 0.0701 e. The summed E-state index contributed by atoms with van der Waals surface area (Å²) in [4.78, 5) is 8.35. The molecule has 0 atom stereocenters. The molecule has 1 aromatic carbocycles. The van der Waals surface area contributed by atoms with E-state index in [0.717, 1.165) is 23.4 Å². The molecule has 472 valence electrons. The predicted octanol–water partition coefficient (Wildman–Crippen LogP) is 26.7. The summed E-state index contributed by atoms with van der Waals surface area (Å²) in [7, 11) is 0.850. The molecule has 2 fully saturated rings. The first-order valence-corrected chi connectivity index (χ1v) is 40.2. The Hall–Kier alpha value is -0.330. The highest BCUT2D eigenvalue weighted by atomic mass is 31.1. The maximum Gasteiger partial charge on any atom is 0.0701 e. The van der Waals surface area contributed by atoms with E-state index in [4.69, 9.17) is 0 Å². The first kappa shape index (κ1) is 82.7. The van der Waals surface area contributed by atoms with Gasteiger partial charge in [-0.1, -0.05) is 327 Å². The van der Waals surface area contributed by atoms with Crippen molar-refractivity contribution in [3.63, 3.8) is 0 Å². The van der Waals surface area contributed by atoms with E-state index >= 15 is 0 Å². The van der Waals surface area contributed by atoms with Crippen LogP contribution in [0.4, 0.5) is 0 Å². The molecular weight excluding hydrogens is 1070 g/mol. The summed E-state index contributed by atoms with van der Waals surface area (Å²) in [5.74, 6) is 0. The van der Waals surface area contributed by atoms with Gasteiger partial charge in [0.1, 0.15) is 0 Å². The van der Waals surface area contributed by atoms with E-state index < -0.39 is 0 Å². The highest BCUT2D eigenvalue weighted by Gasteiger charge is 2.38. The molecule has 2 aliphatic carbocycles. The van der Waals surface area contributed by atoms with Gasteiger partial charge in [-0.05, 0) is 146 Å². The van der Waals surface area contributed by atoms with E-state index in [2.05, 4.69) is 216 Å². The Kier molecular flexibility index (Phi) is 40.4. The number of aryl methyl sites for hydroxylation is 1. The summed E-state index contributed by atoms with van der Waals surface area (Å²) < 4.78 is 0. The quantitative estimate of drug-likeness (QED) is 0.159. The molecule has 0 aliphatic heterocycles. The molecule has 0 bridgehead atoms. The second kappa shape index (κ2) is 39.5. The standard InChI is InChI=1S/C19H42P2.C15H29P.C11H9N.C11H25P.C10H23P.C7H9N.CH4/c1-16(2,3)20(17(4,5)6)14-13-15-21(18(7,8)9)19(10,11)12;1-2-13-16(14-9-5-3-6-10-14)15-11-7-4-8-12-15;1-2-6-10(7-3-1)11-8-4-5-9-12-11;1-8-9-12(10(2,3)4)11(5,6)7;1-8-11(9(2,3)4)10(5,6)7;1-2-7-5-3-4-6-8-7;/h13-15H2,1-12H3;14-15H,2-13H2,1H3;1-9H;8-9H2,1-7H3;8H2,1-7H3;3-6H,2H2,1H3;1H4. The summed E-state index contributed by atoms with van der Waals surface area (Å²) in [6.45, 7) is 67.0. The van der Waals surface area contributed by atoms with Crippen molar-refractivity contribution in [3.8, 4) is 11.3 Å². The lowest BCUT2D eigenvalue weighted by Gasteiger charge is -2.44. The molecule has 0 unspecified atom stereocenters. The predicted molar refractivity (Wildman–Crippen MR) is 392 cm³/mol. The number of aromatic nitrogens is 2. The summed E-state index contributed by atoms with van der Waals surface area (Å²) in [5.41, 5.74) is 5.70. The van der Waals surface area contributed by atoms with Crippen molar-refractivity contribution in [1.82, 2.24) is 9.97 Å². The van der Waals surface area contributed by atoms with Gasteiger partial charge >= 0.3 is 0 Å². The average molecular weight is 1210 g/mol. The van der Waals surface area contributed by atoms with Gasteiger partial charge in [0.05, 0.1) is 5.69 Å². The molecule has 3 aromatic rings. The Bertz CT molecular complexity index is 1790. The summed E-state index contributed by atoms with van der Waals surface area (Å²) in [5, 5.41) is 3.96. The van der Waals surface area contributed by atoms with E-state index in [1.54, 1.807) is 57.5 Å². The molecule has 0 radical (unpaired) electrons. The van der Waals surface area contributed by atoms with Crippen molar-refractivity contribution in [2.75, 3.05) is 30.8 Å². The molecule has 0 spiro atoms. The largest absolute Gasteiger partial charge is 0.261 e. The lowest BCUT2D eigenvalue weighted by molar-refractivity contribution is 0.484. The third-order valence-electron chi connectivity index (χ3n) is 15.4. The molecule has 2 aliphatic rings. The lowest BCUT2D eigenvalue weighted by atomic mass is 9.99. The van der Waals surface area contributed by atoms with Crippen molar-refractivity contribution in [2.45, 2.75) is 344 Å². The Morgan fingerprint density at radius 2 is 0.704 bits per heavy atom. The fourth-order valence-electron chi connectivity index (χ4n) is 13.1. The molecule has 2 nitrogen and oxygen atoms in total. The van der Waals surface area contributed by atoms with E-state index in [9.17, 15) is 0 Å². The van der Waals surface area contributed by atoms with Gasteiger partial charge in [-0.25, -0.2) is 0 Å². The molecule has 0 amide bonds. The highest BCUT2D eigenvalue weighted by molar-refractivity contribution is 7.62. The van der Waals surface area contributed by atoms with Crippen LogP contribution >= 0.6 is 39.6 Å². The van der Waals surface area contributed by atoms with E-state index in [-0.39, 0.29) is 39.1 Å². The molecule has 2 aromatic heterocycles. The zero-order valence-corrected chi connectivity index (χ0v) is 63.2. The zero-order chi connectivity index (χ0) is 61.8. The Balaban J connectivity index is 0. The number of benzene rings is 1. The van der Waals surface area contributed by atoms with Crippen LogP contribution < -0.4 is 0 Å². The second-order valence-electron chi connectivity index (χ2n) is 31.0. The molecule has 0 saturated heterocycles. The number of hydrogen-bond acceptors (Lipinski definition) is 2. The fourth-order valence-corrected chi connectivity index (χ4v) is 32.6. The molecule has 81 heavy (non-hydrogen) atoms. The molecule has 7 heteroatoms. The van der Waals surface area contributed by atoms with Crippen molar-refractivity contribution in [1.29, 1.82) is 0 Å². The Morgan fingerprint density at radius 3 is 0.951 bits per heavy atom. The number of nitrogens with zero attached hydrogens (tertiary/aromatic N) is 2. The van der Waals surface area contributed by atoms with Crippen molar-refractivity contribution in [3.05, 3.63) is 84.8 Å². The summed E-state index contributed by atoms with van der Waals surface area (Å²) >= 11 is 0. The number of pyridine rings is 2. The van der Waals surface area contributed by atoms with E-state index in [0.29, 0.717) is 49.2 Å². The molecule has 0 N–H and O–H groups in total. The average Bonchev–Trinajstić information content (AvgIpc) is 3.34. The second-order valence-corrected chi connectivity index (χ2v) is 50.1. The van der Waals surface area contributed by atoms with Gasteiger partial charge in [-0.15, -0.1) is 7.92 Å². The van der Waals surface area contributed by atoms with E-state index in [1.165, 1.54) is 68.1 Å². The maximum atomic E-state index is 4.25. The minimum Gasteiger partial charge on any atom is -0.261 e. The van der Waals surface area contributed by atoms with Crippen LogP contribution in [-0.2, 0) is 6.42 Å². The third kappa shape index (κ3) is 35.9. The van der Waals surface area contributed by atoms with Crippen LogP contribution in [0.25, 0.3) is 11.3 Å². The Morgan fingerprint density at radius 1 is 0.370 bits per heavy atom. The minimum atomic E-state index is 0. The lowest BCUT2D eigenvalue weighted by Crippen LogP contribution is -2.29. The maximum absolute atomic E-state index is 4.25.